The van der Waals surface area contributed by atoms with Gasteiger partial charge in [0.15, 0.2) is 0 Å². The molecule has 4 fully saturated rings. The fraction of sp³-hybridized carbons (Fsp3) is 0.905. The van der Waals surface area contributed by atoms with Crippen LogP contribution in [0.25, 0.3) is 0 Å². The van der Waals surface area contributed by atoms with E-state index in [0.29, 0.717) is 17.7 Å². The number of aliphatic carboxylic acids is 1. The van der Waals surface area contributed by atoms with Gasteiger partial charge in [0.25, 0.3) is 0 Å². The third kappa shape index (κ3) is 3.69. The number of hydrogen-bond acceptors (Lipinski definition) is 4. The van der Waals surface area contributed by atoms with Crippen LogP contribution in [0.1, 0.15) is 70.6 Å². The van der Waals surface area contributed by atoms with Crippen molar-refractivity contribution in [3.05, 3.63) is 0 Å². The molecule has 4 aliphatic rings. The average Bonchev–Trinajstić information content (AvgIpc) is 3.05. The number of carboxylic acid groups (broad SMARTS) is 1. The Morgan fingerprint density at radius 3 is 2.56 bits per heavy atom. The van der Waals surface area contributed by atoms with Crippen molar-refractivity contribution in [2.45, 2.75) is 82.7 Å². The van der Waals surface area contributed by atoms with Gasteiger partial charge in [-0.1, -0.05) is 37.3 Å². The molecule has 0 amide bonds. The van der Waals surface area contributed by atoms with E-state index in [9.17, 15) is 9.90 Å². The molecule has 1 heterocycles. The minimum absolute atomic E-state index is 0.0834. The summed E-state index contributed by atoms with van der Waals surface area (Å²) >= 11 is 0. The molecule has 0 aromatic carbocycles. The van der Waals surface area contributed by atoms with Gasteiger partial charge in [-0.3, -0.25) is 9.69 Å². The van der Waals surface area contributed by atoms with Gasteiger partial charge in [-0.05, 0) is 62.2 Å². The van der Waals surface area contributed by atoms with Crippen molar-refractivity contribution in [1.29, 1.82) is 0 Å². The molecule has 0 aromatic heterocycles. The van der Waals surface area contributed by atoms with Crippen LogP contribution < -0.4 is 5.73 Å². The number of hydrogen-bond donors (Lipinski definition) is 3. The van der Waals surface area contributed by atoms with Gasteiger partial charge in [0.1, 0.15) is 11.9 Å². The highest BCUT2D eigenvalue weighted by atomic mass is 16.4. The van der Waals surface area contributed by atoms with Gasteiger partial charge in [0.2, 0.25) is 0 Å². The van der Waals surface area contributed by atoms with Crippen LogP contribution in [0.5, 0.6) is 0 Å². The largest absolute Gasteiger partial charge is 0.480 e. The van der Waals surface area contributed by atoms with Gasteiger partial charge in [-0.25, -0.2) is 0 Å². The molecule has 27 heavy (non-hydrogen) atoms. The molecule has 4 rings (SSSR count). The van der Waals surface area contributed by atoms with E-state index in [2.05, 4.69) is 10.1 Å². The monoisotopic (exact) mass is 377 g/mol. The molecule has 3 aliphatic carbocycles. The van der Waals surface area contributed by atoms with E-state index < -0.39 is 5.97 Å². The van der Waals surface area contributed by atoms with Crippen LogP contribution in [0.2, 0.25) is 0 Å². The van der Waals surface area contributed by atoms with E-state index in [1.165, 1.54) is 44.9 Å². The summed E-state index contributed by atoms with van der Waals surface area (Å²) in [6, 6.07) is -0.0795. The third-order valence-electron chi connectivity index (χ3n) is 8.30. The van der Waals surface area contributed by atoms with E-state index >= 15 is 0 Å². The van der Waals surface area contributed by atoms with E-state index in [4.69, 9.17) is 10.9 Å². The van der Waals surface area contributed by atoms with Gasteiger partial charge in [0.05, 0.1) is 0 Å². The molecule has 4 N–H and O–H groups in total. The molecule has 1 aliphatic heterocycles. The summed E-state index contributed by atoms with van der Waals surface area (Å²) in [5.41, 5.74) is 5.91. The summed E-state index contributed by atoms with van der Waals surface area (Å²) in [5, 5.41) is 22.2. The molecule has 0 spiro atoms. The third-order valence-corrected chi connectivity index (χ3v) is 8.30. The Morgan fingerprint density at radius 2 is 1.78 bits per heavy atom. The van der Waals surface area contributed by atoms with Gasteiger partial charge in [-0.2, -0.15) is 0 Å². The lowest BCUT2D eigenvalue weighted by molar-refractivity contribution is -0.143. The highest BCUT2D eigenvalue weighted by Crippen LogP contribution is 2.47. The lowest BCUT2D eigenvalue weighted by Gasteiger charge is -2.45. The maximum absolute atomic E-state index is 12.0. The first-order valence-electron chi connectivity index (χ1n) is 11.0. The number of carboxylic acids is 1. The summed E-state index contributed by atoms with van der Waals surface area (Å²) < 4.78 is 0. The molecular weight excluding hydrogens is 342 g/mol. The van der Waals surface area contributed by atoms with Crippen LogP contribution in [-0.4, -0.2) is 45.6 Å². The van der Waals surface area contributed by atoms with Gasteiger partial charge >= 0.3 is 5.97 Å². The number of likely N-dealkylation sites (tertiary alicyclic amines) is 1. The molecule has 0 bridgehead atoms. The number of nitrogens with two attached hydrogens (primary N) is 1. The van der Waals surface area contributed by atoms with Crippen molar-refractivity contribution in [3.63, 3.8) is 0 Å². The van der Waals surface area contributed by atoms with Crippen LogP contribution in [0.3, 0.4) is 0 Å². The normalized spacial score (nSPS) is 43.1. The molecule has 0 radical (unpaired) electrons. The first-order valence-corrected chi connectivity index (χ1v) is 11.0. The van der Waals surface area contributed by atoms with Crippen LogP contribution in [0.4, 0.5) is 0 Å². The second-order valence-corrected chi connectivity index (χ2v) is 9.55. The van der Waals surface area contributed by atoms with Crippen molar-refractivity contribution >= 4 is 11.8 Å². The lowest BCUT2D eigenvalue weighted by atomic mass is 9.65. The molecule has 6 heteroatoms. The molecule has 0 aromatic rings. The van der Waals surface area contributed by atoms with Crippen molar-refractivity contribution in [1.82, 2.24) is 4.90 Å². The molecule has 152 valence electrons. The second-order valence-electron chi connectivity index (χ2n) is 9.55. The average molecular weight is 378 g/mol. The summed E-state index contributed by atoms with van der Waals surface area (Å²) in [7, 11) is 0. The van der Waals surface area contributed by atoms with Crippen molar-refractivity contribution in [2.75, 3.05) is 6.54 Å². The zero-order chi connectivity index (χ0) is 19.0. The van der Waals surface area contributed by atoms with Crippen molar-refractivity contribution in [3.8, 4) is 0 Å². The number of rotatable bonds is 4. The van der Waals surface area contributed by atoms with Crippen molar-refractivity contribution < 1.29 is 15.1 Å². The van der Waals surface area contributed by atoms with Gasteiger partial charge in [0, 0.05) is 18.5 Å². The standard InChI is InChI=1S/C21H35N3O3/c22-20(23-27)15-9-8-14-10-19(21(25)26)24(18(14)11-15)12-16-6-3-5-13-4-1-2-7-17(13)16/h13-19,27H,1-12H2,(H2,22,23)(H,25,26). The predicted octanol–water partition coefficient (Wildman–Crippen LogP) is 3.28. The number of nitrogens with zero attached hydrogens (tertiary/aromatic N) is 2. The summed E-state index contributed by atoms with van der Waals surface area (Å²) in [6.07, 6.45) is 12.9. The van der Waals surface area contributed by atoms with Crippen LogP contribution in [-0.2, 0) is 4.79 Å². The van der Waals surface area contributed by atoms with Crippen LogP contribution in [0.15, 0.2) is 5.16 Å². The zero-order valence-corrected chi connectivity index (χ0v) is 16.3. The second kappa shape index (κ2) is 7.98. The Morgan fingerprint density at radius 1 is 1.00 bits per heavy atom. The summed E-state index contributed by atoms with van der Waals surface area (Å²) in [4.78, 5) is 14.3. The van der Waals surface area contributed by atoms with E-state index in [0.717, 1.165) is 44.1 Å². The SMILES string of the molecule is N/C(=N/O)C1CCC2CC(C(=O)O)N(CC3CCCC4CCCCC43)C2C1. The number of fused-ring (bicyclic) bond motifs is 2. The quantitative estimate of drug-likeness (QED) is 0.302. The fourth-order valence-corrected chi connectivity index (χ4v) is 6.97. The maximum atomic E-state index is 12.0. The minimum Gasteiger partial charge on any atom is -0.480 e. The predicted molar refractivity (Wildman–Crippen MR) is 104 cm³/mol. The highest BCUT2D eigenvalue weighted by molar-refractivity contribution is 5.82. The van der Waals surface area contributed by atoms with E-state index in [1.807, 2.05) is 0 Å². The molecular formula is C21H35N3O3. The zero-order valence-electron chi connectivity index (χ0n) is 16.3. The smallest absolute Gasteiger partial charge is 0.320 e. The van der Waals surface area contributed by atoms with E-state index in [1.54, 1.807) is 0 Å². The Balaban J connectivity index is 1.51. The Hall–Kier alpha value is -1.30. The fourth-order valence-electron chi connectivity index (χ4n) is 6.97. The number of carbonyl (C=O) groups is 1. The first kappa shape index (κ1) is 19.0. The molecule has 7 atom stereocenters. The van der Waals surface area contributed by atoms with Crippen molar-refractivity contribution in [2.24, 2.45) is 40.5 Å². The topological polar surface area (TPSA) is 99.2 Å². The first-order chi connectivity index (χ1) is 13.1. The molecule has 3 saturated carbocycles. The van der Waals surface area contributed by atoms with Crippen LogP contribution >= 0.6 is 0 Å². The highest BCUT2D eigenvalue weighted by Gasteiger charge is 2.49. The van der Waals surface area contributed by atoms with Gasteiger partial charge < -0.3 is 16.0 Å². The van der Waals surface area contributed by atoms with Gasteiger partial charge in [-0.15, -0.1) is 0 Å². The maximum Gasteiger partial charge on any atom is 0.320 e. The van der Waals surface area contributed by atoms with E-state index in [-0.39, 0.29) is 18.0 Å². The Labute approximate surface area is 162 Å². The Kier molecular flexibility index (Phi) is 5.62. The summed E-state index contributed by atoms with van der Waals surface area (Å²) in [6.45, 7) is 0.933. The van der Waals surface area contributed by atoms with Crippen LogP contribution in [0, 0.1) is 29.6 Å². The number of amidine groups is 1. The number of oxime groups is 1. The molecule has 7 unspecified atom stereocenters. The lowest BCUT2D eigenvalue weighted by Crippen LogP contribution is -2.49. The summed E-state index contributed by atoms with van der Waals surface area (Å²) in [5.74, 6) is 2.49. The molecule has 1 saturated heterocycles. The molecule has 6 nitrogen and oxygen atoms in total. The Bertz CT molecular complexity index is 579. The minimum atomic E-state index is -0.666.